The SMILES string of the molecule is Cc1ccc(S(=O)(=O)N2CCN(S(=O)(=O)c3ccc(C)cc3)[C@H]3CCCC[C@@H]32)cc1. The van der Waals surface area contributed by atoms with Gasteiger partial charge in [0.2, 0.25) is 20.0 Å². The molecule has 0 spiro atoms. The molecule has 1 heterocycles. The first-order valence-electron chi connectivity index (χ1n) is 10.4. The van der Waals surface area contributed by atoms with E-state index in [1.54, 1.807) is 57.1 Å². The maximum Gasteiger partial charge on any atom is 0.243 e. The second-order valence-corrected chi connectivity index (χ2v) is 12.1. The molecule has 0 bridgehead atoms. The molecule has 0 unspecified atom stereocenters. The van der Waals surface area contributed by atoms with Crippen LogP contribution in [0.1, 0.15) is 36.8 Å². The lowest BCUT2D eigenvalue weighted by Gasteiger charge is -2.48. The molecule has 6 nitrogen and oxygen atoms in total. The van der Waals surface area contributed by atoms with E-state index >= 15 is 0 Å². The lowest BCUT2D eigenvalue weighted by molar-refractivity contribution is 0.0957. The molecule has 0 amide bonds. The van der Waals surface area contributed by atoms with Crippen LogP contribution >= 0.6 is 0 Å². The van der Waals surface area contributed by atoms with Gasteiger partial charge in [0.1, 0.15) is 0 Å². The Morgan fingerprint density at radius 1 is 0.633 bits per heavy atom. The van der Waals surface area contributed by atoms with Crippen LogP contribution in [0.15, 0.2) is 58.3 Å². The molecule has 0 radical (unpaired) electrons. The smallest absolute Gasteiger partial charge is 0.207 e. The Morgan fingerprint density at radius 3 is 1.30 bits per heavy atom. The minimum absolute atomic E-state index is 0.169. The predicted octanol–water partition coefficient (Wildman–Crippen LogP) is 3.31. The number of rotatable bonds is 4. The number of aryl methyl sites for hydroxylation is 2. The number of benzene rings is 2. The van der Waals surface area contributed by atoms with E-state index in [0.717, 1.165) is 24.0 Å². The molecule has 1 aliphatic carbocycles. The summed E-state index contributed by atoms with van der Waals surface area (Å²) in [6.45, 7) is 4.18. The van der Waals surface area contributed by atoms with Gasteiger partial charge in [0, 0.05) is 25.2 Å². The number of fused-ring (bicyclic) bond motifs is 1. The quantitative estimate of drug-likeness (QED) is 0.719. The lowest BCUT2D eigenvalue weighted by Crippen LogP contribution is -2.62. The van der Waals surface area contributed by atoms with E-state index in [1.165, 1.54) is 0 Å². The summed E-state index contributed by atoms with van der Waals surface area (Å²) in [6.07, 6.45) is 3.16. The summed E-state index contributed by atoms with van der Waals surface area (Å²) in [4.78, 5) is 0.541. The highest BCUT2D eigenvalue weighted by Gasteiger charge is 2.47. The third-order valence-corrected chi connectivity index (χ3v) is 10.1. The van der Waals surface area contributed by atoms with Crippen LogP contribution < -0.4 is 0 Å². The molecule has 1 saturated carbocycles. The molecule has 2 aromatic carbocycles. The van der Waals surface area contributed by atoms with Crippen LogP contribution in [0.2, 0.25) is 0 Å². The summed E-state index contributed by atoms with van der Waals surface area (Å²) in [5.41, 5.74) is 2.00. The van der Waals surface area contributed by atoms with Gasteiger partial charge in [-0.05, 0) is 51.0 Å². The fraction of sp³-hybridized carbons (Fsp3) is 0.455. The molecule has 2 atom stereocenters. The summed E-state index contributed by atoms with van der Waals surface area (Å²) < 4.78 is 56.6. The number of hydrogen-bond acceptors (Lipinski definition) is 4. The molecular weight excluding hydrogens is 420 g/mol. The molecule has 1 saturated heterocycles. The maximum absolute atomic E-state index is 13.4. The monoisotopic (exact) mass is 448 g/mol. The maximum atomic E-state index is 13.4. The second-order valence-electron chi connectivity index (χ2n) is 8.28. The molecule has 162 valence electrons. The van der Waals surface area contributed by atoms with E-state index in [4.69, 9.17) is 0 Å². The number of sulfonamides is 2. The largest absolute Gasteiger partial charge is 0.243 e. The van der Waals surface area contributed by atoms with Crippen molar-refractivity contribution in [1.29, 1.82) is 0 Å². The summed E-state index contributed by atoms with van der Waals surface area (Å²) in [7, 11) is -7.35. The van der Waals surface area contributed by atoms with Crippen molar-refractivity contribution in [2.24, 2.45) is 0 Å². The van der Waals surface area contributed by atoms with Gasteiger partial charge in [0.25, 0.3) is 0 Å². The zero-order valence-corrected chi connectivity index (χ0v) is 19.0. The van der Waals surface area contributed by atoms with Crippen LogP contribution in [0.25, 0.3) is 0 Å². The van der Waals surface area contributed by atoms with Crippen LogP contribution in [0.3, 0.4) is 0 Å². The zero-order chi connectivity index (χ0) is 21.5. The van der Waals surface area contributed by atoms with E-state index in [-0.39, 0.29) is 35.0 Å². The highest BCUT2D eigenvalue weighted by Crippen LogP contribution is 2.36. The van der Waals surface area contributed by atoms with Gasteiger partial charge in [0.15, 0.2) is 0 Å². The van der Waals surface area contributed by atoms with Crippen molar-refractivity contribution in [1.82, 2.24) is 8.61 Å². The number of piperazine rings is 1. The van der Waals surface area contributed by atoms with Crippen LogP contribution in [-0.2, 0) is 20.0 Å². The number of nitrogens with zero attached hydrogens (tertiary/aromatic N) is 2. The van der Waals surface area contributed by atoms with Gasteiger partial charge in [-0.15, -0.1) is 0 Å². The Morgan fingerprint density at radius 2 is 0.967 bits per heavy atom. The fourth-order valence-electron chi connectivity index (χ4n) is 4.58. The van der Waals surface area contributed by atoms with Crippen LogP contribution in [0.5, 0.6) is 0 Å². The average molecular weight is 449 g/mol. The Hall–Kier alpha value is -1.74. The Bertz CT molecular complexity index is 1020. The van der Waals surface area contributed by atoms with Gasteiger partial charge >= 0.3 is 0 Å². The summed E-state index contributed by atoms with van der Waals surface area (Å²) in [5.74, 6) is 0. The van der Waals surface area contributed by atoms with Gasteiger partial charge in [-0.1, -0.05) is 48.2 Å². The van der Waals surface area contributed by atoms with E-state index in [1.807, 2.05) is 13.8 Å². The average Bonchev–Trinajstić information content (AvgIpc) is 2.73. The minimum atomic E-state index is -3.68. The van der Waals surface area contributed by atoms with Gasteiger partial charge < -0.3 is 0 Å². The molecule has 4 rings (SSSR count). The van der Waals surface area contributed by atoms with Crippen molar-refractivity contribution in [2.45, 2.75) is 61.4 Å². The topological polar surface area (TPSA) is 74.8 Å². The standard InChI is InChI=1S/C22H28N2O4S2/c1-17-7-11-19(12-8-17)29(25,26)23-15-16-24(22-6-4-3-5-21(22)23)30(27,28)20-13-9-18(2)10-14-20/h7-14,21-22H,3-6,15-16H2,1-2H3/t21-,22-/m0/s1. The minimum Gasteiger partial charge on any atom is -0.207 e. The van der Waals surface area contributed by atoms with Crippen LogP contribution in [-0.4, -0.2) is 50.6 Å². The normalized spacial score (nSPS) is 23.8. The second kappa shape index (κ2) is 8.07. The van der Waals surface area contributed by atoms with Crippen molar-refractivity contribution in [3.05, 3.63) is 59.7 Å². The highest BCUT2D eigenvalue weighted by molar-refractivity contribution is 7.89. The van der Waals surface area contributed by atoms with Gasteiger partial charge in [0.05, 0.1) is 9.79 Å². The highest BCUT2D eigenvalue weighted by atomic mass is 32.2. The van der Waals surface area contributed by atoms with Gasteiger partial charge in [-0.25, -0.2) is 16.8 Å². The molecule has 1 aliphatic heterocycles. The van der Waals surface area contributed by atoms with Gasteiger partial charge in [-0.2, -0.15) is 8.61 Å². The van der Waals surface area contributed by atoms with E-state index in [2.05, 4.69) is 0 Å². The first-order chi connectivity index (χ1) is 14.2. The Kier molecular flexibility index (Phi) is 5.78. The van der Waals surface area contributed by atoms with Crippen molar-refractivity contribution in [2.75, 3.05) is 13.1 Å². The fourth-order valence-corrected chi connectivity index (χ4v) is 7.93. The predicted molar refractivity (Wildman–Crippen MR) is 116 cm³/mol. The first kappa shape index (κ1) is 21.5. The van der Waals surface area contributed by atoms with Gasteiger partial charge in [-0.3, -0.25) is 0 Å². The molecule has 2 aliphatic rings. The first-order valence-corrected chi connectivity index (χ1v) is 13.3. The van der Waals surface area contributed by atoms with Crippen LogP contribution in [0, 0.1) is 13.8 Å². The third-order valence-electron chi connectivity index (χ3n) is 6.23. The molecule has 2 fully saturated rings. The van der Waals surface area contributed by atoms with Crippen molar-refractivity contribution < 1.29 is 16.8 Å². The Balaban J connectivity index is 1.67. The van der Waals surface area contributed by atoms with Crippen molar-refractivity contribution in [3.8, 4) is 0 Å². The number of hydrogen-bond donors (Lipinski definition) is 0. The molecular formula is C22H28N2O4S2. The molecule has 0 N–H and O–H groups in total. The van der Waals surface area contributed by atoms with E-state index in [9.17, 15) is 16.8 Å². The summed E-state index contributed by atoms with van der Waals surface area (Å²) in [5, 5.41) is 0. The third kappa shape index (κ3) is 3.82. The van der Waals surface area contributed by atoms with Crippen LogP contribution in [0.4, 0.5) is 0 Å². The molecule has 0 aromatic heterocycles. The zero-order valence-electron chi connectivity index (χ0n) is 17.4. The van der Waals surface area contributed by atoms with Crippen molar-refractivity contribution in [3.63, 3.8) is 0 Å². The Labute approximate surface area is 179 Å². The van der Waals surface area contributed by atoms with E-state index in [0.29, 0.717) is 12.8 Å². The lowest BCUT2D eigenvalue weighted by atomic mass is 9.89. The molecule has 8 heteroatoms. The summed E-state index contributed by atoms with van der Waals surface area (Å²) >= 11 is 0. The van der Waals surface area contributed by atoms with E-state index < -0.39 is 20.0 Å². The summed E-state index contributed by atoms with van der Waals surface area (Å²) in [6, 6.07) is 13.1. The van der Waals surface area contributed by atoms with Crippen molar-refractivity contribution >= 4 is 20.0 Å². The molecule has 2 aromatic rings. The molecule has 30 heavy (non-hydrogen) atoms.